The number of hydrogen-bond acceptors (Lipinski definition) is 7. The van der Waals surface area contributed by atoms with Crippen molar-refractivity contribution in [2.75, 3.05) is 32.3 Å². The number of benzene rings is 1. The van der Waals surface area contributed by atoms with Gasteiger partial charge in [0.15, 0.2) is 15.4 Å². The molecule has 0 fully saturated rings. The van der Waals surface area contributed by atoms with Crippen LogP contribution >= 0.6 is 0 Å². The number of halogens is 6. The van der Waals surface area contributed by atoms with Crippen LogP contribution in [0.2, 0.25) is 0 Å². The van der Waals surface area contributed by atoms with Gasteiger partial charge >= 0.3 is 12.4 Å². The normalized spacial score (nSPS) is 18.0. The summed E-state index contributed by atoms with van der Waals surface area (Å²) in [6, 6.07) is 7.15. The number of rotatable bonds is 11. The Bertz CT molecular complexity index is 1420. The average Bonchev–Trinajstić information content (AvgIpc) is 2.88. The lowest BCUT2D eigenvalue weighted by Gasteiger charge is -2.41. The number of sulfone groups is 1. The first-order valence-electron chi connectivity index (χ1n) is 12.3. The van der Waals surface area contributed by atoms with Crippen molar-refractivity contribution >= 4 is 27.2 Å². The Morgan fingerprint density at radius 1 is 1.07 bits per heavy atom. The summed E-state index contributed by atoms with van der Waals surface area (Å²) in [5.41, 5.74) is -3.80. The van der Waals surface area contributed by atoms with Crippen molar-refractivity contribution in [3.05, 3.63) is 59.4 Å². The minimum atomic E-state index is -5.06. The third kappa shape index (κ3) is 8.36. The van der Waals surface area contributed by atoms with Crippen molar-refractivity contribution in [2.24, 2.45) is 0 Å². The molecule has 1 aliphatic heterocycles. The molecule has 0 saturated carbocycles. The highest BCUT2D eigenvalue weighted by molar-refractivity contribution is 7.91. The summed E-state index contributed by atoms with van der Waals surface area (Å²) in [7, 11) is -2.37. The number of pyridine rings is 1. The second-order valence-electron chi connectivity index (χ2n) is 9.51. The minimum Gasteiger partial charge on any atom is -0.495 e. The van der Waals surface area contributed by atoms with Gasteiger partial charge in [0.1, 0.15) is 17.3 Å². The Morgan fingerprint density at radius 3 is 2.24 bits per heavy atom. The average molecular weight is 624 g/mol. The van der Waals surface area contributed by atoms with Crippen LogP contribution in [0.1, 0.15) is 30.5 Å². The van der Waals surface area contributed by atoms with Gasteiger partial charge in [-0.3, -0.25) is 14.6 Å². The number of nitrogens with one attached hydrogen (secondary N) is 2. The van der Waals surface area contributed by atoms with E-state index in [0.29, 0.717) is 0 Å². The summed E-state index contributed by atoms with van der Waals surface area (Å²) >= 11 is 0. The van der Waals surface area contributed by atoms with E-state index in [1.54, 1.807) is 0 Å². The van der Waals surface area contributed by atoms with Gasteiger partial charge in [0.25, 0.3) is 0 Å². The number of methoxy groups -OCH3 is 1. The topological polar surface area (TPSA) is 124 Å². The Hall–Kier alpha value is -3.82. The maximum Gasteiger partial charge on any atom is 0.416 e. The van der Waals surface area contributed by atoms with Crippen LogP contribution in [0.3, 0.4) is 0 Å². The van der Waals surface area contributed by atoms with E-state index >= 15 is 0 Å². The van der Waals surface area contributed by atoms with Gasteiger partial charge in [-0.2, -0.15) is 26.3 Å². The predicted octanol–water partition coefficient (Wildman–Crippen LogP) is 3.70. The summed E-state index contributed by atoms with van der Waals surface area (Å²) in [4.78, 5) is 29.5. The molecule has 0 bridgehead atoms. The molecule has 0 spiro atoms. The Balaban J connectivity index is 1.98. The fraction of sp³-hybridized carbons (Fsp3) is 0.423. The van der Waals surface area contributed by atoms with Gasteiger partial charge in [-0.05, 0) is 41.8 Å². The second kappa shape index (κ2) is 12.6. The maximum atomic E-state index is 14.8. The molecule has 0 unspecified atom stereocenters. The molecule has 2 heterocycles. The van der Waals surface area contributed by atoms with E-state index in [1.165, 1.54) is 25.4 Å². The van der Waals surface area contributed by atoms with E-state index in [2.05, 4.69) is 10.3 Å². The van der Waals surface area contributed by atoms with Crippen LogP contribution in [0.25, 0.3) is 5.57 Å². The van der Waals surface area contributed by atoms with Crippen LogP contribution in [0.4, 0.5) is 26.3 Å². The first kappa shape index (κ1) is 32.7. The summed E-state index contributed by atoms with van der Waals surface area (Å²) < 4.78 is 115. The lowest BCUT2D eigenvalue weighted by molar-refractivity contribution is -0.201. The number of amides is 2. The number of carbonyl (C=O) groups is 2. The number of ether oxygens (including phenoxy) is 2. The van der Waals surface area contributed by atoms with E-state index in [0.717, 1.165) is 30.5 Å². The van der Waals surface area contributed by atoms with Gasteiger partial charge in [0.05, 0.1) is 25.6 Å². The Labute approximate surface area is 237 Å². The molecule has 3 rings (SSSR count). The SMILES string of the molecule is COc1ccc(C2=C(CNC(=O)CS(C)(=O)=O)C(=O)N[C@@](c3ccc(OCCCC(F)(F)F)cc3)(C(F)(F)F)C2)nc1. The first-order valence-corrected chi connectivity index (χ1v) is 14.4. The molecular formula is C26H27F6N3O6S. The Kier molecular flexibility index (Phi) is 9.80. The van der Waals surface area contributed by atoms with Crippen LogP contribution in [-0.4, -0.2) is 69.8 Å². The Morgan fingerprint density at radius 2 is 1.71 bits per heavy atom. The zero-order chi connectivity index (χ0) is 31.3. The van der Waals surface area contributed by atoms with Crippen LogP contribution in [0, 0.1) is 0 Å². The number of hydrogen-bond donors (Lipinski definition) is 2. The lowest BCUT2D eigenvalue weighted by Crippen LogP contribution is -2.59. The van der Waals surface area contributed by atoms with Crippen molar-refractivity contribution in [3.63, 3.8) is 0 Å². The molecule has 230 valence electrons. The number of alkyl halides is 6. The van der Waals surface area contributed by atoms with E-state index < -0.39 is 70.2 Å². The van der Waals surface area contributed by atoms with Crippen LogP contribution in [-0.2, 0) is 25.0 Å². The summed E-state index contributed by atoms with van der Waals surface area (Å²) in [5, 5.41) is 4.26. The predicted molar refractivity (Wildman–Crippen MR) is 138 cm³/mol. The molecule has 1 atom stereocenters. The molecule has 2 amide bonds. The summed E-state index contributed by atoms with van der Waals surface area (Å²) in [5.74, 6) is -2.72. The molecule has 16 heteroatoms. The van der Waals surface area contributed by atoms with Crippen molar-refractivity contribution < 1.29 is 53.8 Å². The molecule has 2 N–H and O–H groups in total. The monoisotopic (exact) mass is 623 g/mol. The van der Waals surface area contributed by atoms with E-state index in [4.69, 9.17) is 9.47 Å². The van der Waals surface area contributed by atoms with Gasteiger partial charge in [0.2, 0.25) is 11.8 Å². The van der Waals surface area contributed by atoms with Crippen molar-refractivity contribution in [1.29, 1.82) is 0 Å². The second-order valence-corrected chi connectivity index (χ2v) is 11.7. The smallest absolute Gasteiger partial charge is 0.416 e. The fourth-order valence-electron chi connectivity index (χ4n) is 4.22. The number of nitrogens with zero attached hydrogens (tertiary/aromatic N) is 1. The van der Waals surface area contributed by atoms with Crippen LogP contribution in [0.15, 0.2) is 48.2 Å². The zero-order valence-electron chi connectivity index (χ0n) is 22.4. The molecule has 0 saturated heterocycles. The molecule has 2 aromatic rings. The minimum absolute atomic E-state index is 0.0174. The van der Waals surface area contributed by atoms with E-state index in [1.807, 2.05) is 5.32 Å². The molecule has 1 aromatic heterocycles. The third-order valence-electron chi connectivity index (χ3n) is 6.25. The van der Waals surface area contributed by atoms with Gasteiger partial charge in [-0.25, -0.2) is 8.42 Å². The molecule has 0 radical (unpaired) electrons. The van der Waals surface area contributed by atoms with Crippen molar-refractivity contribution in [3.8, 4) is 11.5 Å². The van der Waals surface area contributed by atoms with Gasteiger partial charge < -0.3 is 20.1 Å². The largest absolute Gasteiger partial charge is 0.495 e. The highest BCUT2D eigenvalue weighted by atomic mass is 32.2. The molecule has 0 aliphatic carbocycles. The molecular weight excluding hydrogens is 596 g/mol. The number of aromatic nitrogens is 1. The number of carbonyl (C=O) groups excluding carboxylic acids is 2. The summed E-state index contributed by atoms with van der Waals surface area (Å²) in [6.07, 6.45) is -9.66. The van der Waals surface area contributed by atoms with Crippen molar-refractivity contribution in [1.82, 2.24) is 15.6 Å². The molecule has 1 aliphatic rings. The lowest BCUT2D eigenvalue weighted by atomic mass is 9.77. The first-order chi connectivity index (χ1) is 19.4. The van der Waals surface area contributed by atoms with Gasteiger partial charge in [-0.15, -0.1) is 0 Å². The maximum absolute atomic E-state index is 14.8. The highest BCUT2D eigenvalue weighted by Gasteiger charge is 2.59. The van der Waals surface area contributed by atoms with Crippen molar-refractivity contribution in [2.45, 2.75) is 37.2 Å². The standard InChI is InChI=1S/C26H27F6N3O6S/c1-40-18-8-9-21(33-13-18)19-12-24(26(30,31)32,35-23(37)20(19)14-34-22(36)15-42(2,38)39)16-4-6-17(7-5-16)41-11-3-10-25(27,28)29/h4-9,13H,3,10-12,14-15H2,1-2H3,(H,34,36)(H,35,37)/t24-/m0/s1. The van der Waals surface area contributed by atoms with Crippen LogP contribution in [0.5, 0.6) is 11.5 Å². The molecule has 42 heavy (non-hydrogen) atoms. The molecule has 9 nitrogen and oxygen atoms in total. The van der Waals surface area contributed by atoms with Crippen LogP contribution < -0.4 is 20.1 Å². The van der Waals surface area contributed by atoms with Gasteiger partial charge in [0, 0.05) is 31.2 Å². The van der Waals surface area contributed by atoms with E-state index in [-0.39, 0.29) is 41.4 Å². The van der Waals surface area contributed by atoms with E-state index in [9.17, 15) is 44.3 Å². The van der Waals surface area contributed by atoms with Gasteiger partial charge in [-0.1, -0.05) is 12.1 Å². The highest BCUT2D eigenvalue weighted by Crippen LogP contribution is 2.48. The quantitative estimate of drug-likeness (QED) is 0.289. The molecule has 1 aromatic carbocycles. The third-order valence-corrected chi connectivity index (χ3v) is 7.03. The zero-order valence-corrected chi connectivity index (χ0v) is 23.2. The summed E-state index contributed by atoms with van der Waals surface area (Å²) in [6.45, 7) is -0.897. The fourth-order valence-corrected chi connectivity index (χ4v) is 4.80.